The van der Waals surface area contributed by atoms with Crippen LogP contribution in [0.25, 0.3) is 0 Å². The van der Waals surface area contributed by atoms with Crippen LogP contribution >= 0.6 is 11.6 Å². The van der Waals surface area contributed by atoms with Crippen LogP contribution in [0.1, 0.15) is 11.1 Å². The Kier molecular flexibility index (Phi) is 4.39. The fourth-order valence-corrected chi connectivity index (χ4v) is 1.92. The van der Waals surface area contributed by atoms with Gasteiger partial charge in [0.1, 0.15) is 11.5 Å². The van der Waals surface area contributed by atoms with E-state index in [1.165, 1.54) is 6.07 Å². The fraction of sp³-hybridized carbons (Fsp3) is 0.133. The molecule has 0 fully saturated rings. The third kappa shape index (κ3) is 3.89. The number of rotatable bonds is 3. The predicted octanol–water partition coefficient (Wildman–Crippen LogP) is 5.22. The van der Waals surface area contributed by atoms with Gasteiger partial charge in [0.2, 0.25) is 0 Å². The molecule has 2 rings (SSSR count). The molecule has 0 aliphatic carbocycles. The van der Waals surface area contributed by atoms with Crippen LogP contribution in [-0.4, -0.2) is 0 Å². The smallest absolute Gasteiger partial charge is 0.416 e. The molecule has 0 spiro atoms. The molecular formula is C15H9ClF3NO. The number of ether oxygens (including phenoxy) is 1. The minimum absolute atomic E-state index is 0.124. The molecule has 0 heterocycles. The quantitative estimate of drug-likeness (QED) is 0.778. The normalized spacial score (nSPS) is 11.0. The predicted molar refractivity (Wildman–Crippen MR) is 72.3 cm³/mol. The Hall–Kier alpha value is -2.19. The summed E-state index contributed by atoms with van der Waals surface area (Å²) in [5, 5.41) is 8.50. The average Bonchev–Trinajstić information content (AvgIpc) is 2.41. The number of benzene rings is 2. The second-order valence-corrected chi connectivity index (χ2v) is 4.63. The maximum atomic E-state index is 12.5. The molecule has 0 aromatic heterocycles. The van der Waals surface area contributed by atoms with Crippen LogP contribution in [0.2, 0.25) is 5.02 Å². The summed E-state index contributed by atoms with van der Waals surface area (Å²) in [5.74, 6) is 0.531. The Morgan fingerprint density at radius 3 is 2.52 bits per heavy atom. The van der Waals surface area contributed by atoms with Crippen LogP contribution in [0.5, 0.6) is 11.5 Å². The summed E-state index contributed by atoms with van der Waals surface area (Å²) in [7, 11) is 0. The van der Waals surface area contributed by atoms with E-state index in [-0.39, 0.29) is 17.2 Å². The highest BCUT2D eigenvalue weighted by Crippen LogP contribution is 2.36. The SMILES string of the molecule is N#CCc1cccc(Oc2ccc(C(F)(F)F)cc2Cl)c1. The molecule has 0 atom stereocenters. The van der Waals surface area contributed by atoms with E-state index in [1.54, 1.807) is 24.3 Å². The lowest BCUT2D eigenvalue weighted by Crippen LogP contribution is -2.04. The van der Waals surface area contributed by atoms with Crippen molar-refractivity contribution in [2.24, 2.45) is 0 Å². The lowest BCUT2D eigenvalue weighted by atomic mass is 10.1. The van der Waals surface area contributed by atoms with Gasteiger partial charge in [0.15, 0.2) is 0 Å². The van der Waals surface area contributed by atoms with E-state index in [9.17, 15) is 13.2 Å². The van der Waals surface area contributed by atoms with Gasteiger partial charge in [-0.05, 0) is 35.9 Å². The van der Waals surface area contributed by atoms with Gasteiger partial charge in [-0.25, -0.2) is 0 Å². The van der Waals surface area contributed by atoms with E-state index in [1.807, 2.05) is 6.07 Å². The fourth-order valence-electron chi connectivity index (χ4n) is 1.70. The maximum Gasteiger partial charge on any atom is 0.416 e. The van der Waals surface area contributed by atoms with Crippen LogP contribution < -0.4 is 4.74 Å². The van der Waals surface area contributed by atoms with E-state index in [0.29, 0.717) is 5.75 Å². The zero-order chi connectivity index (χ0) is 15.5. The Labute approximate surface area is 124 Å². The summed E-state index contributed by atoms with van der Waals surface area (Å²) in [5.41, 5.74) is -0.0869. The van der Waals surface area contributed by atoms with Crippen molar-refractivity contribution in [2.45, 2.75) is 12.6 Å². The minimum Gasteiger partial charge on any atom is -0.456 e. The van der Waals surface area contributed by atoms with E-state index in [0.717, 1.165) is 17.7 Å². The van der Waals surface area contributed by atoms with Gasteiger partial charge < -0.3 is 4.74 Å². The lowest BCUT2D eigenvalue weighted by Gasteiger charge is -2.11. The molecule has 2 aromatic carbocycles. The zero-order valence-electron chi connectivity index (χ0n) is 10.6. The second-order valence-electron chi connectivity index (χ2n) is 4.23. The molecular weight excluding hydrogens is 303 g/mol. The second kappa shape index (κ2) is 6.06. The first-order valence-corrected chi connectivity index (χ1v) is 6.28. The minimum atomic E-state index is -4.45. The Balaban J connectivity index is 2.24. The molecule has 108 valence electrons. The van der Waals surface area contributed by atoms with Gasteiger partial charge in [-0.2, -0.15) is 18.4 Å². The largest absolute Gasteiger partial charge is 0.456 e. The molecule has 0 saturated heterocycles. The van der Waals surface area contributed by atoms with E-state index >= 15 is 0 Å². The van der Waals surface area contributed by atoms with Gasteiger partial charge in [0.05, 0.1) is 23.1 Å². The van der Waals surface area contributed by atoms with Crippen molar-refractivity contribution in [3.8, 4) is 17.6 Å². The van der Waals surface area contributed by atoms with Gasteiger partial charge in [0.25, 0.3) is 0 Å². The van der Waals surface area contributed by atoms with Crippen LogP contribution in [-0.2, 0) is 12.6 Å². The van der Waals surface area contributed by atoms with Crippen molar-refractivity contribution in [3.05, 3.63) is 58.6 Å². The van der Waals surface area contributed by atoms with Gasteiger partial charge in [-0.15, -0.1) is 0 Å². The van der Waals surface area contributed by atoms with Crippen molar-refractivity contribution >= 4 is 11.6 Å². The topological polar surface area (TPSA) is 33.0 Å². The molecule has 0 bridgehead atoms. The van der Waals surface area contributed by atoms with E-state index < -0.39 is 11.7 Å². The van der Waals surface area contributed by atoms with Crippen LogP contribution in [0.3, 0.4) is 0 Å². The summed E-state index contributed by atoms with van der Waals surface area (Å²) in [6.07, 6.45) is -4.23. The third-order valence-corrected chi connectivity index (χ3v) is 2.96. The van der Waals surface area contributed by atoms with Crippen molar-refractivity contribution in [2.75, 3.05) is 0 Å². The van der Waals surface area contributed by atoms with Gasteiger partial charge in [-0.3, -0.25) is 0 Å². The van der Waals surface area contributed by atoms with E-state index in [2.05, 4.69) is 0 Å². The molecule has 0 radical (unpaired) electrons. The highest BCUT2D eigenvalue weighted by Gasteiger charge is 2.31. The first kappa shape index (κ1) is 15.2. The molecule has 0 aliphatic rings. The van der Waals surface area contributed by atoms with Crippen LogP contribution in [0, 0.1) is 11.3 Å². The summed E-state index contributed by atoms with van der Waals surface area (Å²) >= 11 is 5.81. The molecule has 0 aliphatic heterocycles. The number of hydrogen-bond donors (Lipinski definition) is 0. The molecule has 6 heteroatoms. The molecule has 21 heavy (non-hydrogen) atoms. The first-order valence-electron chi connectivity index (χ1n) is 5.90. The molecule has 0 unspecified atom stereocenters. The number of hydrogen-bond acceptors (Lipinski definition) is 2. The van der Waals surface area contributed by atoms with E-state index in [4.69, 9.17) is 21.6 Å². The number of nitriles is 1. The molecule has 0 N–H and O–H groups in total. The number of halogens is 4. The Morgan fingerprint density at radius 1 is 1.14 bits per heavy atom. The standard InChI is InChI=1S/C15H9ClF3NO/c16-13-9-11(15(17,18)19)4-5-14(13)21-12-3-1-2-10(8-12)6-7-20/h1-5,8-9H,6H2. The number of alkyl halides is 3. The average molecular weight is 312 g/mol. The Morgan fingerprint density at radius 2 is 1.90 bits per heavy atom. The van der Waals surface area contributed by atoms with Gasteiger partial charge >= 0.3 is 6.18 Å². The molecule has 2 nitrogen and oxygen atoms in total. The first-order chi connectivity index (χ1) is 9.90. The molecule has 0 saturated carbocycles. The zero-order valence-corrected chi connectivity index (χ0v) is 11.4. The van der Waals surface area contributed by atoms with Crippen molar-refractivity contribution in [1.29, 1.82) is 5.26 Å². The summed E-state index contributed by atoms with van der Waals surface area (Å²) in [4.78, 5) is 0. The van der Waals surface area contributed by atoms with Crippen LogP contribution in [0.4, 0.5) is 13.2 Å². The summed E-state index contributed by atoms with van der Waals surface area (Å²) < 4.78 is 43.1. The molecule has 0 amide bonds. The summed E-state index contributed by atoms with van der Waals surface area (Å²) in [6.45, 7) is 0. The van der Waals surface area contributed by atoms with Crippen LogP contribution in [0.15, 0.2) is 42.5 Å². The highest BCUT2D eigenvalue weighted by atomic mass is 35.5. The van der Waals surface area contributed by atoms with Crippen molar-refractivity contribution in [1.82, 2.24) is 0 Å². The lowest BCUT2D eigenvalue weighted by molar-refractivity contribution is -0.137. The van der Waals surface area contributed by atoms with Crippen molar-refractivity contribution < 1.29 is 17.9 Å². The van der Waals surface area contributed by atoms with Gasteiger partial charge in [0, 0.05) is 0 Å². The maximum absolute atomic E-state index is 12.5. The Bertz CT molecular complexity index is 692. The van der Waals surface area contributed by atoms with Gasteiger partial charge in [-0.1, -0.05) is 23.7 Å². The van der Waals surface area contributed by atoms with Crippen molar-refractivity contribution in [3.63, 3.8) is 0 Å². The summed E-state index contributed by atoms with van der Waals surface area (Å²) in [6, 6.07) is 11.6. The third-order valence-electron chi connectivity index (χ3n) is 2.67. The molecule has 2 aromatic rings. The number of nitrogens with zero attached hydrogens (tertiary/aromatic N) is 1. The monoisotopic (exact) mass is 311 g/mol. The highest BCUT2D eigenvalue weighted by molar-refractivity contribution is 6.32.